The van der Waals surface area contributed by atoms with Crippen LogP contribution in [0.3, 0.4) is 0 Å². The van der Waals surface area contributed by atoms with Gasteiger partial charge in [-0.15, -0.1) is 0 Å². The Morgan fingerprint density at radius 3 is 2.20 bits per heavy atom. The topological polar surface area (TPSA) is 46.2 Å². The molecule has 3 nitrogen and oxygen atoms in total. The van der Waals surface area contributed by atoms with Crippen LogP contribution in [-0.2, 0) is 10.0 Å². The Kier molecular flexibility index (Phi) is 2.01. The van der Waals surface area contributed by atoms with Gasteiger partial charge in [-0.3, -0.25) is 0 Å². The van der Waals surface area contributed by atoms with Crippen molar-refractivity contribution in [3.05, 3.63) is 0 Å². The van der Waals surface area contributed by atoms with Crippen LogP contribution >= 0.6 is 0 Å². The molecule has 0 atom stereocenters. The van der Waals surface area contributed by atoms with Gasteiger partial charge in [0.15, 0.2) is 0 Å². The van der Waals surface area contributed by atoms with E-state index in [-0.39, 0.29) is 5.25 Å². The van der Waals surface area contributed by atoms with Crippen LogP contribution in [0.4, 0.5) is 0 Å². The first-order valence-corrected chi connectivity index (χ1v) is 5.03. The summed E-state index contributed by atoms with van der Waals surface area (Å²) < 4.78 is 24.4. The average molecular weight is 163 g/mol. The highest BCUT2D eigenvalue weighted by Crippen LogP contribution is 2.31. The second kappa shape index (κ2) is 2.51. The zero-order valence-corrected chi connectivity index (χ0v) is 7.11. The summed E-state index contributed by atoms with van der Waals surface area (Å²) in [5.74, 6) is 0.591. The smallest absolute Gasteiger partial charge is 0.214 e. The van der Waals surface area contributed by atoms with Crippen molar-refractivity contribution in [3.8, 4) is 0 Å². The quantitative estimate of drug-likeness (QED) is 0.638. The van der Waals surface area contributed by atoms with Crippen molar-refractivity contribution in [2.24, 2.45) is 5.92 Å². The van der Waals surface area contributed by atoms with Crippen molar-refractivity contribution >= 4 is 10.0 Å². The minimum atomic E-state index is -2.94. The molecule has 1 saturated carbocycles. The van der Waals surface area contributed by atoms with E-state index in [4.69, 9.17) is 0 Å². The van der Waals surface area contributed by atoms with Gasteiger partial charge in [0.1, 0.15) is 0 Å². The van der Waals surface area contributed by atoms with E-state index in [2.05, 4.69) is 11.6 Å². The summed E-state index contributed by atoms with van der Waals surface area (Å²) in [5.41, 5.74) is 0. The first-order valence-electron chi connectivity index (χ1n) is 3.48. The molecule has 10 heavy (non-hydrogen) atoms. The van der Waals surface area contributed by atoms with Gasteiger partial charge < -0.3 is 0 Å². The lowest BCUT2D eigenvalue weighted by molar-refractivity contribution is 0.342. The Labute approximate surface area is 61.9 Å². The van der Waals surface area contributed by atoms with Gasteiger partial charge >= 0.3 is 0 Å². The highest BCUT2D eigenvalue weighted by molar-refractivity contribution is 7.90. The van der Waals surface area contributed by atoms with Crippen molar-refractivity contribution in [2.75, 3.05) is 7.05 Å². The van der Waals surface area contributed by atoms with Gasteiger partial charge in [-0.1, -0.05) is 6.92 Å². The molecule has 1 aliphatic carbocycles. The van der Waals surface area contributed by atoms with E-state index in [1.807, 2.05) is 0 Å². The zero-order chi connectivity index (χ0) is 7.78. The van der Waals surface area contributed by atoms with E-state index < -0.39 is 10.0 Å². The molecular weight excluding hydrogens is 150 g/mol. The lowest BCUT2D eigenvalue weighted by Gasteiger charge is -2.31. The lowest BCUT2D eigenvalue weighted by Crippen LogP contribution is -2.40. The molecule has 0 saturated heterocycles. The highest BCUT2D eigenvalue weighted by atomic mass is 32.2. The Morgan fingerprint density at radius 2 is 1.90 bits per heavy atom. The van der Waals surface area contributed by atoms with Crippen molar-refractivity contribution in [1.29, 1.82) is 0 Å². The second-order valence-corrected chi connectivity index (χ2v) is 5.11. The molecule has 4 heteroatoms. The number of hydrogen-bond acceptors (Lipinski definition) is 2. The van der Waals surface area contributed by atoms with Gasteiger partial charge in [0.2, 0.25) is 10.0 Å². The molecule has 1 N–H and O–H groups in total. The normalized spacial score (nSPS) is 33.4. The summed E-state index contributed by atoms with van der Waals surface area (Å²) >= 11 is 0. The number of nitrogens with one attached hydrogen (secondary N) is 1. The van der Waals surface area contributed by atoms with Gasteiger partial charge in [-0.2, -0.15) is 0 Å². The lowest BCUT2D eigenvalue weighted by atomic mass is 9.87. The van der Waals surface area contributed by atoms with Gasteiger partial charge in [-0.05, 0) is 25.8 Å². The van der Waals surface area contributed by atoms with E-state index in [9.17, 15) is 8.42 Å². The largest absolute Gasteiger partial charge is 0.218 e. The molecule has 60 valence electrons. The number of sulfonamides is 1. The first-order chi connectivity index (χ1) is 4.56. The fourth-order valence-corrected chi connectivity index (χ4v) is 2.75. The Bertz CT molecular complexity index is 204. The summed E-state index contributed by atoms with van der Waals surface area (Å²) in [4.78, 5) is 0. The summed E-state index contributed by atoms with van der Waals surface area (Å²) in [6.45, 7) is 2.07. The molecule has 0 radical (unpaired) electrons. The number of rotatable bonds is 2. The van der Waals surface area contributed by atoms with Crippen LogP contribution in [0.2, 0.25) is 0 Å². The van der Waals surface area contributed by atoms with Crippen molar-refractivity contribution < 1.29 is 8.42 Å². The maximum absolute atomic E-state index is 11.0. The van der Waals surface area contributed by atoms with Gasteiger partial charge in [-0.25, -0.2) is 13.1 Å². The molecule has 0 amide bonds. The van der Waals surface area contributed by atoms with Crippen LogP contribution in [0.25, 0.3) is 0 Å². The Morgan fingerprint density at radius 1 is 1.40 bits per heavy atom. The standard InChI is InChI=1S/C6H13NO2S/c1-5-3-6(4-5)10(8,9)7-2/h5-7H,3-4H2,1-2H3/t5-,6-. The summed E-state index contributed by atoms with van der Waals surface area (Å²) in [6.07, 6.45) is 1.65. The highest BCUT2D eigenvalue weighted by Gasteiger charge is 2.35. The zero-order valence-electron chi connectivity index (χ0n) is 6.29. The molecule has 1 aliphatic rings. The summed E-state index contributed by atoms with van der Waals surface area (Å²) in [7, 11) is -1.47. The Hall–Kier alpha value is -0.0900. The average Bonchev–Trinajstić information content (AvgIpc) is 1.81. The van der Waals surface area contributed by atoms with Crippen LogP contribution in [-0.4, -0.2) is 20.7 Å². The SMILES string of the molecule is CNS(=O)(=O)[C@H]1C[C@H](C)C1. The molecular formula is C6H13NO2S. The van der Waals surface area contributed by atoms with Crippen LogP contribution in [0.1, 0.15) is 19.8 Å². The molecule has 0 bridgehead atoms. The third-order valence-corrected chi connectivity index (χ3v) is 3.89. The van der Waals surface area contributed by atoms with E-state index in [1.54, 1.807) is 0 Å². The summed E-state index contributed by atoms with van der Waals surface area (Å²) in [5, 5.41) is -0.118. The third-order valence-electron chi connectivity index (χ3n) is 2.05. The molecule has 0 unspecified atom stereocenters. The van der Waals surface area contributed by atoms with Crippen molar-refractivity contribution in [3.63, 3.8) is 0 Å². The third kappa shape index (κ3) is 1.32. The molecule has 0 spiro atoms. The molecule has 0 aromatic heterocycles. The van der Waals surface area contributed by atoms with Crippen molar-refractivity contribution in [2.45, 2.75) is 25.0 Å². The van der Waals surface area contributed by atoms with E-state index in [0.717, 1.165) is 12.8 Å². The Balaban J connectivity index is 2.53. The van der Waals surface area contributed by atoms with E-state index in [0.29, 0.717) is 5.92 Å². The van der Waals surface area contributed by atoms with E-state index in [1.165, 1.54) is 7.05 Å². The van der Waals surface area contributed by atoms with Crippen LogP contribution in [0.5, 0.6) is 0 Å². The monoisotopic (exact) mass is 163 g/mol. The first kappa shape index (κ1) is 8.01. The predicted molar refractivity (Wildman–Crippen MR) is 40.2 cm³/mol. The fraction of sp³-hybridized carbons (Fsp3) is 1.00. The molecule has 0 aromatic carbocycles. The summed E-state index contributed by atoms with van der Waals surface area (Å²) in [6, 6.07) is 0. The maximum Gasteiger partial charge on any atom is 0.214 e. The molecule has 1 fully saturated rings. The van der Waals surface area contributed by atoms with Crippen LogP contribution in [0, 0.1) is 5.92 Å². The maximum atomic E-state index is 11.0. The van der Waals surface area contributed by atoms with Crippen LogP contribution in [0.15, 0.2) is 0 Å². The second-order valence-electron chi connectivity index (χ2n) is 2.95. The van der Waals surface area contributed by atoms with Gasteiger partial charge in [0.05, 0.1) is 5.25 Å². The minimum Gasteiger partial charge on any atom is -0.218 e. The van der Waals surface area contributed by atoms with Crippen molar-refractivity contribution in [1.82, 2.24) is 4.72 Å². The minimum absolute atomic E-state index is 0.118. The molecule has 1 rings (SSSR count). The van der Waals surface area contributed by atoms with Gasteiger partial charge in [0.25, 0.3) is 0 Å². The number of hydrogen-bond donors (Lipinski definition) is 1. The molecule has 0 aliphatic heterocycles. The molecule has 0 aromatic rings. The predicted octanol–water partition coefficient (Wildman–Crippen LogP) is 0.334. The molecule has 0 heterocycles. The van der Waals surface area contributed by atoms with Crippen LogP contribution < -0.4 is 4.72 Å². The van der Waals surface area contributed by atoms with E-state index >= 15 is 0 Å². The van der Waals surface area contributed by atoms with Gasteiger partial charge in [0, 0.05) is 0 Å². The fourth-order valence-electron chi connectivity index (χ4n) is 1.25.